The second-order valence-corrected chi connectivity index (χ2v) is 9.05. The molecule has 0 saturated heterocycles. The molecule has 5 rings (SSSR count). The molecular formula is C26H20ClFN6O4. The standard InChI is InChI=1S/C26H20ClFN6O4/c1-12-8-20(38-33-12)18-5-4-15(10-29-18)22-13(2)25(35)34-11-16(28)9-17(24(34)32-22)14(3)30-19-6-7-21(27)31-23(19)26(36)37/h4-11,14,30H,1-3H3,(H,36,37)/t14-/m1/s1. The Labute approximate surface area is 219 Å². The van der Waals surface area contributed by atoms with Gasteiger partial charge in [0.05, 0.1) is 23.1 Å². The fourth-order valence-corrected chi connectivity index (χ4v) is 4.26. The van der Waals surface area contributed by atoms with E-state index in [9.17, 15) is 19.1 Å². The summed E-state index contributed by atoms with van der Waals surface area (Å²) in [5.41, 5.74) is 2.51. The molecule has 0 fully saturated rings. The third-order valence-corrected chi connectivity index (χ3v) is 6.17. The molecule has 5 aromatic heterocycles. The van der Waals surface area contributed by atoms with Gasteiger partial charge in [0.1, 0.15) is 22.3 Å². The van der Waals surface area contributed by atoms with E-state index < -0.39 is 23.4 Å². The van der Waals surface area contributed by atoms with Gasteiger partial charge in [0.2, 0.25) is 0 Å². The molecular weight excluding hydrogens is 515 g/mol. The lowest BCUT2D eigenvalue weighted by molar-refractivity contribution is 0.0691. The molecule has 0 amide bonds. The van der Waals surface area contributed by atoms with E-state index in [1.165, 1.54) is 18.2 Å². The number of halogens is 2. The first-order chi connectivity index (χ1) is 18.1. The molecule has 0 bridgehead atoms. The van der Waals surface area contributed by atoms with Gasteiger partial charge >= 0.3 is 5.97 Å². The number of aromatic carboxylic acids is 1. The molecule has 0 aliphatic carbocycles. The van der Waals surface area contributed by atoms with Crippen LogP contribution in [0.5, 0.6) is 0 Å². The summed E-state index contributed by atoms with van der Waals surface area (Å²) in [5.74, 6) is -1.43. The Balaban J connectivity index is 1.60. The molecule has 0 saturated carbocycles. The first-order valence-electron chi connectivity index (χ1n) is 11.4. The molecule has 0 unspecified atom stereocenters. The second-order valence-electron chi connectivity index (χ2n) is 8.66. The monoisotopic (exact) mass is 534 g/mol. The quantitative estimate of drug-likeness (QED) is 0.285. The normalized spacial score (nSPS) is 12.0. The number of anilines is 1. The van der Waals surface area contributed by atoms with Gasteiger partial charge in [0, 0.05) is 35.2 Å². The van der Waals surface area contributed by atoms with Crippen molar-refractivity contribution in [2.75, 3.05) is 5.32 Å². The van der Waals surface area contributed by atoms with Gasteiger partial charge < -0.3 is 14.9 Å². The van der Waals surface area contributed by atoms with Crippen molar-refractivity contribution in [3.63, 3.8) is 0 Å². The summed E-state index contributed by atoms with van der Waals surface area (Å²) < 4.78 is 21.0. The van der Waals surface area contributed by atoms with Gasteiger partial charge in [0.15, 0.2) is 11.5 Å². The average Bonchev–Trinajstić information content (AvgIpc) is 3.33. The van der Waals surface area contributed by atoms with Crippen LogP contribution in [-0.2, 0) is 0 Å². The molecule has 192 valence electrons. The number of carboxylic acid groups (broad SMARTS) is 1. The van der Waals surface area contributed by atoms with Gasteiger partial charge in [-0.2, -0.15) is 0 Å². The number of hydrogen-bond donors (Lipinski definition) is 2. The van der Waals surface area contributed by atoms with E-state index in [1.54, 1.807) is 45.2 Å². The third kappa shape index (κ3) is 4.59. The van der Waals surface area contributed by atoms with Crippen LogP contribution < -0.4 is 10.9 Å². The van der Waals surface area contributed by atoms with Gasteiger partial charge in [-0.1, -0.05) is 16.8 Å². The number of pyridine rings is 3. The number of carboxylic acids is 1. The van der Waals surface area contributed by atoms with Crippen LogP contribution >= 0.6 is 11.6 Å². The molecule has 5 heterocycles. The highest BCUT2D eigenvalue weighted by Gasteiger charge is 2.21. The summed E-state index contributed by atoms with van der Waals surface area (Å²) in [5, 5.41) is 16.4. The van der Waals surface area contributed by atoms with E-state index in [0.717, 1.165) is 16.3 Å². The van der Waals surface area contributed by atoms with E-state index in [-0.39, 0.29) is 22.2 Å². The number of hydrogen-bond acceptors (Lipinski definition) is 8. The highest BCUT2D eigenvalue weighted by atomic mass is 35.5. The van der Waals surface area contributed by atoms with Crippen LogP contribution in [0.1, 0.15) is 40.3 Å². The molecule has 1 atom stereocenters. The molecule has 0 aliphatic heterocycles. The summed E-state index contributed by atoms with van der Waals surface area (Å²) in [6, 6.07) is 8.73. The number of nitrogens with one attached hydrogen (secondary N) is 1. The van der Waals surface area contributed by atoms with Gasteiger partial charge in [-0.25, -0.2) is 19.2 Å². The number of carbonyl (C=O) groups is 1. The largest absolute Gasteiger partial charge is 0.476 e. The van der Waals surface area contributed by atoms with Crippen LogP contribution in [0.4, 0.5) is 10.1 Å². The van der Waals surface area contributed by atoms with Crippen molar-refractivity contribution in [1.82, 2.24) is 24.5 Å². The van der Waals surface area contributed by atoms with Gasteiger partial charge in [0.25, 0.3) is 5.56 Å². The Bertz CT molecular complexity index is 1770. The Hall–Kier alpha value is -4.64. The number of aryl methyl sites for hydroxylation is 1. The lowest BCUT2D eigenvalue weighted by Gasteiger charge is -2.19. The molecule has 0 spiro atoms. The lowest BCUT2D eigenvalue weighted by Crippen LogP contribution is -2.22. The SMILES string of the molecule is Cc1cc(-c2ccc(-c3nc4c([C@@H](C)Nc5ccc(Cl)nc5C(=O)O)cc(F)cn4c(=O)c3C)cn2)on1. The smallest absolute Gasteiger partial charge is 0.356 e. The minimum Gasteiger partial charge on any atom is -0.476 e. The summed E-state index contributed by atoms with van der Waals surface area (Å²) in [6.07, 6.45) is 2.64. The first-order valence-corrected chi connectivity index (χ1v) is 11.8. The topological polar surface area (TPSA) is 136 Å². The molecule has 12 heteroatoms. The molecule has 5 aromatic rings. The zero-order valence-corrected chi connectivity index (χ0v) is 21.1. The Morgan fingerprint density at radius 1 is 1.18 bits per heavy atom. The van der Waals surface area contributed by atoms with E-state index in [0.29, 0.717) is 33.8 Å². The summed E-state index contributed by atoms with van der Waals surface area (Å²) in [6.45, 7) is 5.10. The fraction of sp³-hybridized carbons (Fsp3) is 0.154. The van der Waals surface area contributed by atoms with E-state index in [2.05, 4.69) is 20.4 Å². The van der Waals surface area contributed by atoms with Gasteiger partial charge in [-0.05, 0) is 51.1 Å². The molecule has 0 radical (unpaired) electrons. The van der Waals surface area contributed by atoms with E-state index in [1.807, 2.05) is 0 Å². The molecule has 2 N–H and O–H groups in total. The average molecular weight is 535 g/mol. The second kappa shape index (κ2) is 9.67. The van der Waals surface area contributed by atoms with Crippen molar-refractivity contribution >= 4 is 28.9 Å². The van der Waals surface area contributed by atoms with Crippen molar-refractivity contribution in [1.29, 1.82) is 0 Å². The zero-order valence-electron chi connectivity index (χ0n) is 20.4. The third-order valence-electron chi connectivity index (χ3n) is 5.96. The van der Waals surface area contributed by atoms with Gasteiger partial charge in [-0.3, -0.25) is 14.2 Å². The van der Waals surface area contributed by atoms with Crippen molar-refractivity contribution < 1.29 is 18.8 Å². The molecule has 10 nitrogen and oxygen atoms in total. The maximum absolute atomic E-state index is 14.6. The lowest BCUT2D eigenvalue weighted by atomic mass is 10.1. The van der Waals surface area contributed by atoms with E-state index >= 15 is 0 Å². The zero-order chi connectivity index (χ0) is 27.1. The first kappa shape index (κ1) is 25.0. The van der Waals surface area contributed by atoms with E-state index in [4.69, 9.17) is 21.1 Å². The Morgan fingerprint density at radius 3 is 2.63 bits per heavy atom. The van der Waals surface area contributed by atoms with Crippen molar-refractivity contribution in [3.05, 3.63) is 92.6 Å². The van der Waals surface area contributed by atoms with Crippen molar-refractivity contribution in [2.45, 2.75) is 26.8 Å². The highest BCUT2D eigenvalue weighted by Crippen LogP contribution is 2.28. The maximum Gasteiger partial charge on any atom is 0.356 e. The van der Waals surface area contributed by atoms with Crippen LogP contribution in [0, 0.1) is 19.7 Å². The molecule has 38 heavy (non-hydrogen) atoms. The minimum absolute atomic E-state index is 0.0169. The summed E-state index contributed by atoms with van der Waals surface area (Å²) in [4.78, 5) is 37.9. The van der Waals surface area contributed by atoms with Crippen LogP contribution in [0.3, 0.4) is 0 Å². The number of rotatable bonds is 6. The predicted molar refractivity (Wildman–Crippen MR) is 138 cm³/mol. The Morgan fingerprint density at radius 2 is 1.97 bits per heavy atom. The Kier molecular flexibility index (Phi) is 6.37. The van der Waals surface area contributed by atoms with Crippen LogP contribution in [0.15, 0.2) is 58.1 Å². The van der Waals surface area contributed by atoms with Crippen LogP contribution in [-0.4, -0.2) is 35.6 Å². The maximum atomic E-state index is 14.6. The van der Waals surface area contributed by atoms with Gasteiger partial charge in [-0.15, -0.1) is 0 Å². The number of fused-ring (bicyclic) bond motifs is 1. The summed E-state index contributed by atoms with van der Waals surface area (Å²) >= 11 is 5.85. The van der Waals surface area contributed by atoms with Crippen LogP contribution in [0.2, 0.25) is 5.15 Å². The fourth-order valence-electron chi connectivity index (χ4n) is 4.11. The molecule has 0 aliphatic rings. The van der Waals surface area contributed by atoms with Crippen molar-refractivity contribution in [2.24, 2.45) is 0 Å². The van der Waals surface area contributed by atoms with Crippen molar-refractivity contribution in [3.8, 4) is 22.7 Å². The summed E-state index contributed by atoms with van der Waals surface area (Å²) in [7, 11) is 0. The van der Waals surface area contributed by atoms with Crippen LogP contribution in [0.25, 0.3) is 28.4 Å². The minimum atomic E-state index is -1.28. The highest BCUT2D eigenvalue weighted by molar-refractivity contribution is 6.29. The number of nitrogens with zero attached hydrogens (tertiary/aromatic N) is 5. The molecule has 0 aromatic carbocycles. The predicted octanol–water partition coefficient (Wildman–Crippen LogP) is 5.09. The number of aromatic nitrogens is 5.